The molecule has 1 N–H and O–H groups in total. The van der Waals surface area contributed by atoms with Gasteiger partial charge >= 0.3 is 11.9 Å². The molecule has 0 heterocycles. The molecule has 0 bridgehead atoms. The van der Waals surface area contributed by atoms with E-state index in [1.807, 2.05) is 60.7 Å². The third-order valence-corrected chi connectivity index (χ3v) is 3.78. The number of carboxylic acids is 1. The molecule has 0 spiro atoms. The van der Waals surface area contributed by atoms with Crippen LogP contribution < -0.4 is 0 Å². The highest BCUT2D eigenvalue weighted by Crippen LogP contribution is 2.08. The normalized spacial score (nSPS) is 12.3. The first kappa shape index (κ1) is 22.3. The van der Waals surface area contributed by atoms with Gasteiger partial charge in [-0.05, 0) is 36.8 Å². The van der Waals surface area contributed by atoms with Gasteiger partial charge in [0.1, 0.15) is 0 Å². The van der Waals surface area contributed by atoms with Crippen molar-refractivity contribution >= 4 is 11.9 Å². The molecule has 0 radical (unpaired) electrons. The van der Waals surface area contributed by atoms with Gasteiger partial charge in [0.15, 0.2) is 12.3 Å². The zero-order valence-electron chi connectivity index (χ0n) is 15.2. The molecule has 6 heteroatoms. The molecule has 146 valence electrons. The number of hydrogen-bond donors (Lipinski definition) is 1. The number of ether oxygens (including phenoxy) is 1. The van der Waals surface area contributed by atoms with Gasteiger partial charge in [-0.2, -0.15) is 0 Å². The number of rotatable bonds is 8. The van der Waals surface area contributed by atoms with Crippen LogP contribution >= 0.6 is 0 Å². The van der Waals surface area contributed by atoms with E-state index in [4.69, 9.17) is 5.11 Å². The Balaban J connectivity index is 0.000000271. The molecule has 2 unspecified atom stereocenters. The summed E-state index contributed by atoms with van der Waals surface area (Å²) in [5, 5.41) is 8.29. The maximum Gasteiger partial charge on any atom is 0.340 e. The first-order valence-electron chi connectivity index (χ1n) is 8.60. The Morgan fingerprint density at radius 1 is 0.852 bits per heavy atom. The van der Waals surface area contributed by atoms with Gasteiger partial charge in [0.2, 0.25) is 0 Å². The molecule has 2 rings (SSSR count). The van der Waals surface area contributed by atoms with Crippen LogP contribution in [0.25, 0.3) is 0 Å². The largest absolute Gasteiger partial charge is 0.479 e. The smallest absolute Gasteiger partial charge is 0.340 e. The fourth-order valence-electron chi connectivity index (χ4n) is 2.25. The number of carboxylic acid groups (broad SMARTS) is 1. The molecule has 0 fully saturated rings. The number of aliphatic carboxylic acids is 1. The third-order valence-electron chi connectivity index (χ3n) is 3.78. The maximum absolute atomic E-state index is 13.0. The number of halogens is 2. The van der Waals surface area contributed by atoms with Crippen molar-refractivity contribution in [3.05, 3.63) is 71.8 Å². The first-order chi connectivity index (χ1) is 12.9. The summed E-state index contributed by atoms with van der Waals surface area (Å²) in [4.78, 5) is 20.9. The Labute approximate surface area is 157 Å². The average molecular weight is 378 g/mol. The van der Waals surface area contributed by atoms with Gasteiger partial charge in [-0.1, -0.05) is 60.7 Å². The molecule has 0 aromatic heterocycles. The van der Waals surface area contributed by atoms with Gasteiger partial charge in [-0.15, -0.1) is 0 Å². The van der Waals surface area contributed by atoms with Crippen LogP contribution in [0.15, 0.2) is 60.7 Å². The van der Waals surface area contributed by atoms with Crippen LogP contribution in [0.1, 0.15) is 24.0 Å². The monoisotopic (exact) mass is 378 g/mol. The lowest BCUT2D eigenvalue weighted by Crippen LogP contribution is -2.17. The highest BCUT2D eigenvalue weighted by Gasteiger charge is 2.17. The fraction of sp³-hybridized carbons (Fsp3) is 0.333. The lowest BCUT2D eigenvalue weighted by molar-refractivity contribution is -0.146. The SMILES string of the molecule is COC(=O)C(F)CCc1ccccc1.O=C(O)C(F)CCc1ccccc1. The molecule has 2 aromatic carbocycles. The van der Waals surface area contributed by atoms with E-state index in [9.17, 15) is 18.4 Å². The van der Waals surface area contributed by atoms with E-state index in [0.717, 1.165) is 11.1 Å². The second-order valence-corrected chi connectivity index (χ2v) is 5.85. The van der Waals surface area contributed by atoms with Crippen molar-refractivity contribution in [3.63, 3.8) is 0 Å². The minimum Gasteiger partial charge on any atom is -0.479 e. The minimum atomic E-state index is -1.75. The highest BCUT2D eigenvalue weighted by molar-refractivity contribution is 5.74. The van der Waals surface area contributed by atoms with Gasteiger partial charge in [0.25, 0.3) is 0 Å². The van der Waals surface area contributed by atoms with E-state index >= 15 is 0 Å². The zero-order valence-corrected chi connectivity index (χ0v) is 15.2. The van der Waals surface area contributed by atoms with E-state index in [2.05, 4.69) is 4.74 Å². The summed E-state index contributed by atoms with van der Waals surface area (Å²) in [7, 11) is 1.19. The molecule has 27 heavy (non-hydrogen) atoms. The molecular weight excluding hydrogens is 354 g/mol. The van der Waals surface area contributed by atoms with E-state index < -0.39 is 24.3 Å². The molecule has 0 amide bonds. The van der Waals surface area contributed by atoms with Gasteiger partial charge in [0, 0.05) is 0 Å². The van der Waals surface area contributed by atoms with Crippen LogP contribution in [0.2, 0.25) is 0 Å². The molecule has 4 nitrogen and oxygen atoms in total. The van der Waals surface area contributed by atoms with E-state index in [1.165, 1.54) is 7.11 Å². The number of alkyl halides is 2. The quantitative estimate of drug-likeness (QED) is 0.700. The number of aryl methyl sites for hydroxylation is 2. The molecule has 0 aliphatic heterocycles. The molecular formula is C21H24F2O4. The van der Waals surface area contributed by atoms with Crippen molar-refractivity contribution in [2.24, 2.45) is 0 Å². The fourth-order valence-corrected chi connectivity index (χ4v) is 2.25. The van der Waals surface area contributed by atoms with Crippen molar-refractivity contribution in [2.45, 2.75) is 38.0 Å². The summed E-state index contributed by atoms with van der Waals surface area (Å²) in [5.74, 6) is -2.17. The number of hydrogen-bond acceptors (Lipinski definition) is 3. The predicted octanol–water partition coefficient (Wildman–Crippen LogP) is 4.17. The number of carbonyl (C=O) groups is 2. The van der Waals surface area contributed by atoms with Crippen molar-refractivity contribution in [1.82, 2.24) is 0 Å². The summed E-state index contributed by atoms with van der Waals surface area (Å²) in [5.41, 5.74) is 1.99. The van der Waals surface area contributed by atoms with E-state index in [1.54, 1.807) is 0 Å². The van der Waals surface area contributed by atoms with Crippen molar-refractivity contribution in [3.8, 4) is 0 Å². The van der Waals surface area contributed by atoms with Crippen LogP contribution in [0.3, 0.4) is 0 Å². The van der Waals surface area contributed by atoms with E-state index in [-0.39, 0.29) is 12.8 Å². The number of methoxy groups -OCH3 is 1. The summed E-state index contributed by atoms with van der Waals surface area (Å²) >= 11 is 0. The number of esters is 1. The summed E-state index contributed by atoms with van der Waals surface area (Å²) < 4.78 is 29.9. The second-order valence-electron chi connectivity index (χ2n) is 5.85. The van der Waals surface area contributed by atoms with Crippen molar-refractivity contribution < 1.29 is 28.2 Å². The van der Waals surface area contributed by atoms with Gasteiger partial charge < -0.3 is 9.84 Å². The first-order valence-corrected chi connectivity index (χ1v) is 8.60. The molecule has 0 saturated heterocycles. The van der Waals surface area contributed by atoms with Crippen molar-refractivity contribution in [2.75, 3.05) is 7.11 Å². The Hall–Kier alpha value is -2.76. The number of benzene rings is 2. The lowest BCUT2D eigenvalue weighted by Gasteiger charge is -2.05. The van der Waals surface area contributed by atoms with Gasteiger partial charge in [-0.25, -0.2) is 18.4 Å². The molecule has 2 atom stereocenters. The topological polar surface area (TPSA) is 63.6 Å². The minimum absolute atomic E-state index is 0.0410. The predicted molar refractivity (Wildman–Crippen MR) is 99.0 cm³/mol. The highest BCUT2D eigenvalue weighted by atomic mass is 19.1. The van der Waals surface area contributed by atoms with E-state index in [0.29, 0.717) is 12.8 Å². The van der Waals surface area contributed by atoms with Crippen LogP contribution in [0, 0.1) is 0 Å². The van der Waals surface area contributed by atoms with Gasteiger partial charge in [-0.3, -0.25) is 0 Å². The summed E-state index contributed by atoms with van der Waals surface area (Å²) in [6, 6.07) is 18.8. The number of carbonyl (C=O) groups excluding carboxylic acids is 1. The van der Waals surface area contributed by atoms with Crippen LogP contribution in [0.5, 0.6) is 0 Å². The summed E-state index contributed by atoms with van der Waals surface area (Å²) in [6.07, 6.45) is -2.03. The third kappa shape index (κ3) is 9.49. The molecule has 0 aliphatic carbocycles. The second kappa shape index (κ2) is 12.6. The Bertz CT molecular complexity index is 677. The Morgan fingerprint density at radius 3 is 1.63 bits per heavy atom. The molecule has 0 saturated carbocycles. The standard InChI is InChI=1S/C11H13FO2.C10H11FO2/c1-14-11(13)10(12)8-7-9-5-3-2-4-6-9;11-9(10(12)13)7-6-8-4-2-1-3-5-8/h2-6,10H,7-8H2,1H3;1-5,9H,6-7H2,(H,12,13). The molecule has 2 aromatic rings. The van der Waals surface area contributed by atoms with Crippen LogP contribution in [0.4, 0.5) is 8.78 Å². The van der Waals surface area contributed by atoms with Crippen LogP contribution in [-0.4, -0.2) is 36.5 Å². The van der Waals surface area contributed by atoms with Crippen LogP contribution in [-0.2, 0) is 27.2 Å². The molecule has 0 aliphatic rings. The lowest BCUT2D eigenvalue weighted by atomic mass is 10.1. The Morgan fingerprint density at radius 2 is 1.26 bits per heavy atom. The maximum atomic E-state index is 13.0. The zero-order chi connectivity index (χ0) is 20.1. The Kier molecular flexibility index (Phi) is 10.4. The summed E-state index contributed by atoms with van der Waals surface area (Å²) in [6.45, 7) is 0. The van der Waals surface area contributed by atoms with Gasteiger partial charge in [0.05, 0.1) is 7.11 Å². The average Bonchev–Trinajstić information content (AvgIpc) is 2.71. The van der Waals surface area contributed by atoms with Crippen molar-refractivity contribution in [1.29, 1.82) is 0 Å².